The Morgan fingerprint density at radius 2 is 1.20 bits per heavy atom. The summed E-state index contributed by atoms with van der Waals surface area (Å²) in [6.45, 7) is 3.24. The van der Waals surface area contributed by atoms with Gasteiger partial charge in [-0.1, -0.05) is 24.3 Å². The molecule has 0 saturated carbocycles. The fraction of sp³-hybridized carbons (Fsp3) is 0.263. The van der Waals surface area contributed by atoms with E-state index in [4.69, 9.17) is 0 Å². The minimum absolute atomic E-state index is 0. The molecule has 2 N–H and O–H groups in total. The molecule has 6 heteroatoms. The quantitative estimate of drug-likeness (QED) is 0.487. The van der Waals surface area contributed by atoms with Gasteiger partial charge in [0.1, 0.15) is 0 Å². The minimum Gasteiger partial charge on any atom is -0.389 e. The van der Waals surface area contributed by atoms with Crippen molar-refractivity contribution in [3.8, 4) is 0 Å². The van der Waals surface area contributed by atoms with Gasteiger partial charge in [0.15, 0.2) is 11.6 Å². The molecule has 0 aliphatic heterocycles. The zero-order valence-corrected chi connectivity index (χ0v) is 15.2. The molecule has 2 aliphatic rings. The Kier molecular flexibility index (Phi) is 9.53. The largest absolute Gasteiger partial charge is 0.389 e. The number of rotatable bonds is 8. The van der Waals surface area contributed by atoms with Gasteiger partial charge in [0.25, 0.3) is 0 Å². The maximum Gasteiger partial charge on any atom is 0.187 e. The van der Waals surface area contributed by atoms with Crippen molar-refractivity contribution in [2.75, 3.05) is 33.2 Å². The van der Waals surface area contributed by atoms with Crippen LogP contribution in [0, 0.1) is 0 Å². The van der Waals surface area contributed by atoms with Gasteiger partial charge < -0.3 is 15.5 Å². The summed E-state index contributed by atoms with van der Waals surface area (Å²) in [4.78, 5) is 25.3. The molecule has 0 heterocycles. The van der Waals surface area contributed by atoms with Crippen molar-refractivity contribution in [3.05, 3.63) is 72.2 Å². The SMILES string of the molecule is CN(CCN/C=C1/C=CC=CC1=O)CCN/C=C1/C=CC=CC1=O.[Co]. The Morgan fingerprint density at radius 3 is 1.60 bits per heavy atom. The van der Waals surface area contributed by atoms with E-state index in [2.05, 4.69) is 15.5 Å². The average Bonchev–Trinajstić information content (AvgIpc) is 2.58. The predicted molar refractivity (Wildman–Crippen MR) is 96.2 cm³/mol. The van der Waals surface area contributed by atoms with E-state index in [-0.39, 0.29) is 28.3 Å². The molecule has 2 aliphatic carbocycles. The molecule has 0 fully saturated rings. The standard InChI is InChI=1S/C19H23N3O2.Co/c1-22(12-10-20-14-16-6-2-4-8-18(16)23)13-11-21-15-17-7-3-5-9-19(17)24;/h2-9,14-15,20-21H,10-13H2,1H3;/b16-14-,17-15-;. The van der Waals surface area contributed by atoms with Crippen molar-refractivity contribution in [2.45, 2.75) is 0 Å². The number of allylic oxidation sites excluding steroid dienone is 10. The summed E-state index contributed by atoms with van der Waals surface area (Å²) in [7, 11) is 2.03. The van der Waals surface area contributed by atoms with Crippen LogP contribution in [0.4, 0.5) is 0 Å². The van der Waals surface area contributed by atoms with Crippen LogP contribution in [0.3, 0.4) is 0 Å². The molecule has 2 rings (SSSR count). The first-order chi connectivity index (χ1) is 11.7. The van der Waals surface area contributed by atoms with Gasteiger partial charge in [-0.15, -0.1) is 0 Å². The Balaban J connectivity index is 0.00000312. The van der Waals surface area contributed by atoms with Gasteiger partial charge in [-0.25, -0.2) is 0 Å². The summed E-state index contributed by atoms with van der Waals surface area (Å²) < 4.78 is 0. The van der Waals surface area contributed by atoms with E-state index < -0.39 is 0 Å². The summed E-state index contributed by atoms with van der Waals surface area (Å²) in [5, 5.41) is 6.32. The summed E-state index contributed by atoms with van der Waals surface area (Å²) in [5.74, 6) is 0.0495. The summed E-state index contributed by atoms with van der Waals surface area (Å²) in [6.07, 6.45) is 17.4. The van der Waals surface area contributed by atoms with Crippen LogP contribution in [0.25, 0.3) is 0 Å². The zero-order valence-electron chi connectivity index (χ0n) is 14.2. The number of carbonyl (C=O) groups is 2. The van der Waals surface area contributed by atoms with Crippen LogP contribution in [0.5, 0.6) is 0 Å². The topological polar surface area (TPSA) is 61.4 Å². The molecule has 0 spiro atoms. The van der Waals surface area contributed by atoms with Gasteiger partial charge in [0, 0.05) is 66.5 Å². The van der Waals surface area contributed by atoms with Gasteiger partial charge in [-0.3, -0.25) is 9.59 Å². The van der Waals surface area contributed by atoms with Crippen LogP contribution in [-0.4, -0.2) is 49.7 Å². The van der Waals surface area contributed by atoms with Crippen molar-refractivity contribution in [1.82, 2.24) is 15.5 Å². The monoisotopic (exact) mass is 384 g/mol. The molecular weight excluding hydrogens is 361 g/mol. The van der Waals surface area contributed by atoms with E-state index in [1.165, 1.54) is 0 Å². The molecule has 5 nitrogen and oxygen atoms in total. The second kappa shape index (κ2) is 11.4. The van der Waals surface area contributed by atoms with Crippen molar-refractivity contribution < 1.29 is 26.4 Å². The van der Waals surface area contributed by atoms with Crippen LogP contribution in [0.15, 0.2) is 72.2 Å². The fourth-order valence-corrected chi connectivity index (χ4v) is 2.19. The van der Waals surface area contributed by atoms with E-state index in [1.54, 1.807) is 48.9 Å². The normalized spacial score (nSPS) is 19.0. The van der Waals surface area contributed by atoms with Crippen LogP contribution in [0.1, 0.15) is 0 Å². The molecule has 0 atom stereocenters. The Bertz CT molecular complexity index is 602. The molecule has 0 bridgehead atoms. The molecule has 0 amide bonds. The summed E-state index contributed by atoms with van der Waals surface area (Å²) in [5.41, 5.74) is 1.35. The Morgan fingerprint density at radius 1 is 0.800 bits per heavy atom. The van der Waals surface area contributed by atoms with Crippen molar-refractivity contribution in [2.24, 2.45) is 0 Å². The van der Waals surface area contributed by atoms with Gasteiger partial charge in [0.2, 0.25) is 0 Å². The molecule has 0 aromatic carbocycles. The number of hydrogen-bond acceptors (Lipinski definition) is 5. The third-order valence-electron chi connectivity index (χ3n) is 3.63. The molecule has 25 heavy (non-hydrogen) atoms. The van der Waals surface area contributed by atoms with Crippen LogP contribution in [-0.2, 0) is 26.4 Å². The van der Waals surface area contributed by atoms with Crippen LogP contribution in [0.2, 0.25) is 0 Å². The zero-order chi connectivity index (χ0) is 17.2. The molecule has 135 valence electrons. The van der Waals surface area contributed by atoms with Crippen molar-refractivity contribution >= 4 is 11.6 Å². The smallest absolute Gasteiger partial charge is 0.187 e. The van der Waals surface area contributed by atoms with E-state index in [0.29, 0.717) is 11.1 Å². The number of likely N-dealkylation sites (N-methyl/N-ethyl adjacent to an activating group) is 1. The van der Waals surface area contributed by atoms with Gasteiger partial charge in [-0.2, -0.15) is 0 Å². The predicted octanol–water partition coefficient (Wildman–Crippen LogP) is 1.25. The van der Waals surface area contributed by atoms with Crippen LogP contribution >= 0.6 is 0 Å². The van der Waals surface area contributed by atoms with Crippen molar-refractivity contribution in [3.63, 3.8) is 0 Å². The third kappa shape index (κ3) is 7.51. The Hall–Kier alpha value is -2.15. The van der Waals surface area contributed by atoms with Gasteiger partial charge in [0.05, 0.1) is 0 Å². The molecule has 0 saturated heterocycles. The molecule has 0 aromatic heterocycles. The first-order valence-corrected chi connectivity index (χ1v) is 8.00. The summed E-state index contributed by atoms with van der Waals surface area (Å²) >= 11 is 0. The van der Waals surface area contributed by atoms with Crippen LogP contribution < -0.4 is 10.6 Å². The number of ketones is 2. The molecule has 1 radical (unpaired) electrons. The second-order valence-corrected chi connectivity index (χ2v) is 5.58. The first-order valence-electron chi connectivity index (χ1n) is 8.00. The average molecular weight is 384 g/mol. The minimum atomic E-state index is 0. The second-order valence-electron chi connectivity index (χ2n) is 5.58. The van der Waals surface area contributed by atoms with E-state index in [1.807, 2.05) is 19.2 Å². The van der Waals surface area contributed by atoms with E-state index >= 15 is 0 Å². The summed E-state index contributed by atoms with van der Waals surface area (Å²) in [6, 6.07) is 0. The number of nitrogens with zero attached hydrogens (tertiary/aromatic N) is 1. The molecular formula is C19H23CoN3O2. The maximum atomic E-state index is 11.5. The Labute approximate surface area is 159 Å². The number of hydrogen-bond donors (Lipinski definition) is 2. The van der Waals surface area contributed by atoms with Gasteiger partial charge >= 0.3 is 0 Å². The van der Waals surface area contributed by atoms with E-state index in [9.17, 15) is 9.59 Å². The van der Waals surface area contributed by atoms with Crippen molar-refractivity contribution in [1.29, 1.82) is 0 Å². The van der Waals surface area contributed by atoms with E-state index in [0.717, 1.165) is 26.2 Å². The molecule has 0 unspecified atom stereocenters. The molecule has 0 aromatic rings. The fourth-order valence-electron chi connectivity index (χ4n) is 2.19. The van der Waals surface area contributed by atoms with Gasteiger partial charge in [-0.05, 0) is 31.4 Å². The third-order valence-corrected chi connectivity index (χ3v) is 3.63. The first kappa shape index (κ1) is 20.9. The number of nitrogens with one attached hydrogen (secondary N) is 2. The maximum absolute atomic E-state index is 11.5. The number of carbonyl (C=O) groups excluding carboxylic acids is 2.